The Labute approximate surface area is 158 Å². The Morgan fingerprint density at radius 1 is 0.741 bits per heavy atom. The van der Waals surface area contributed by atoms with Gasteiger partial charge in [-0.15, -0.1) is 0 Å². The van der Waals surface area contributed by atoms with E-state index in [4.69, 9.17) is 4.74 Å². The van der Waals surface area contributed by atoms with E-state index in [9.17, 15) is 9.59 Å². The van der Waals surface area contributed by atoms with E-state index >= 15 is 0 Å². The van der Waals surface area contributed by atoms with E-state index in [0.29, 0.717) is 11.3 Å². The van der Waals surface area contributed by atoms with Crippen molar-refractivity contribution < 1.29 is 14.3 Å². The number of nitrogens with one attached hydrogen (secondary N) is 2. The molecule has 3 aromatic carbocycles. The zero-order valence-corrected chi connectivity index (χ0v) is 14.9. The minimum atomic E-state index is -0.524. The molecule has 3 rings (SSSR count). The predicted octanol–water partition coefficient (Wildman–Crippen LogP) is 3.29. The molecule has 0 aliphatic carbocycles. The van der Waals surface area contributed by atoms with E-state index in [2.05, 4.69) is 10.9 Å². The first-order chi connectivity index (χ1) is 13.2. The van der Waals surface area contributed by atoms with Crippen LogP contribution in [0.2, 0.25) is 0 Å². The highest BCUT2D eigenvalue weighted by molar-refractivity contribution is 5.96. The highest BCUT2D eigenvalue weighted by Gasteiger charge is 2.23. The fraction of sp³-hybridized carbons (Fsp3) is 0.0909. The minimum Gasteiger partial charge on any atom is -0.497 e. The van der Waals surface area contributed by atoms with Crippen molar-refractivity contribution in [3.63, 3.8) is 0 Å². The summed E-state index contributed by atoms with van der Waals surface area (Å²) >= 11 is 0. The zero-order valence-electron chi connectivity index (χ0n) is 14.9. The smallest absolute Gasteiger partial charge is 0.269 e. The Morgan fingerprint density at radius 3 is 1.74 bits per heavy atom. The van der Waals surface area contributed by atoms with Crippen molar-refractivity contribution in [2.24, 2.45) is 0 Å². The first-order valence-corrected chi connectivity index (χ1v) is 8.53. The third-order valence-electron chi connectivity index (χ3n) is 4.18. The molecule has 5 heteroatoms. The molecule has 0 atom stereocenters. The quantitative estimate of drug-likeness (QED) is 0.686. The van der Waals surface area contributed by atoms with Crippen LogP contribution in [0.25, 0.3) is 0 Å². The molecule has 0 saturated heterocycles. The number of hydrogen-bond acceptors (Lipinski definition) is 3. The lowest BCUT2D eigenvalue weighted by atomic mass is 9.91. The Morgan fingerprint density at radius 2 is 1.26 bits per heavy atom. The molecular formula is C22H20N2O3. The Bertz CT molecular complexity index is 854. The monoisotopic (exact) mass is 360 g/mol. The number of carbonyl (C=O) groups excluding carboxylic acids is 2. The lowest BCUT2D eigenvalue weighted by Gasteiger charge is -2.18. The van der Waals surface area contributed by atoms with Crippen molar-refractivity contribution >= 4 is 11.8 Å². The first-order valence-electron chi connectivity index (χ1n) is 8.53. The fourth-order valence-corrected chi connectivity index (χ4v) is 2.79. The molecule has 0 spiro atoms. The molecule has 27 heavy (non-hydrogen) atoms. The van der Waals surface area contributed by atoms with Gasteiger partial charge >= 0.3 is 0 Å². The third kappa shape index (κ3) is 4.52. The SMILES string of the molecule is COc1ccc(C(=O)NNC(=O)C(c2ccccc2)c2ccccc2)cc1. The second-order valence-electron chi connectivity index (χ2n) is 5.93. The molecule has 0 aromatic heterocycles. The summed E-state index contributed by atoms with van der Waals surface area (Å²) in [5.74, 6) is -0.576. The van der Waals surface area contributed by atoms with Crippen molar-refractivity contribution in [2.75, 3.05) is 7.11 Å². The van der Waals surface area contributed by atoms with Gasteiger partial charge in [0.05, 0.1) is 13.0 Å². The van der Waals surface area contributed by atoms with E-state index in [1.807, 2.05) is 60.7 Å². The summed E-state index contributed by atoms with van der Waals surface area (Å²) in [5.41, 5.74) is 7.13. The van der Waals surface area contributed by atoms with Crippen molar-refractivity contribution in [1.29, 1.82) is 0 Å². The molecule has 0 fully saturated rings. The first kappa shape index (κ1) is 18.2. The minimum absolute atomic E-state index is 0.311. The molecule has 3 aromatic rings. The van der Waals surface area contributed by atoms with Crippen LogP contribution in [0.1, 0.15) is 27.4 Å². The highest BCUT2D eigenvalue weighted by Crippen LogP contribution is 2.24. The van der Waals surface area contributed by atoms with Gasteiger partial charge in [-0.05, 0) is 35.4 Å². The van der Waals surface area contributed by atoms with Gasteiger partial charge in [0.25, 0.3) is 5.91 Å². The van der Waals surface area contributed by atoms with Gasteiger partial charge in [0, 0.05) is 5.56 Å². The predicted molar refractivity (Wildman–Crippen MR) is 103 cm³/mol. The number of hydrogen-bond donors (Lipinski definition) is 2. The standard InChI is InChI=1S/C22H20N2O3/c1-27-19-14-12-18(13-15-19)21(25)23-24-22(26)20(16-8-4-2-5-9-16)17-10-6-3-7-11-17/h2-15,20H,1H3,(H,23,25)(H,24,26). The molecule has 2 N–H and O–H groups in total. The van der Waals surface area contributed by atoms with Crippen LogP contribution in [0.4, 0.5) is 0 Å². The van der Waals surface area contributed by atoms with Gasteiger partial charge in [-0.2, -0.15) is 0 Å². The van der Waals surface area contributed by atoms with Gasteiger partial charge in [-0.25, -0.2) is 0 Å². The average molecular weight is 360 g/mol. The lowest BCUT2D eigenvalue weighted by Crippen LogP contribution is -2.44. The molecular weight excluding hydrogens is 340 g/mol. The summed E-state index contributed by atoms with van der Waals surface area (Å²) in [4.78, 5) is 25.1. The maximum Gasteiger partial charge on any atom is 0.269 e. The Hall–Kier alpha value is -3.60. The van der Waals surface area contributed by atoms with E-state index < -0.39 is 11.8 Å². The van der Waals surface area contributed by atoms with Crippen molar-refractivity contribution in [3.05, 3.63) is 102 Å². The van der Waals surface area contributed by atoms with Crippen LogP contribution in [0.15, 0.2) is 84.9 Å². The van der Waals surface area contributed by atoms with Gasteiger partial charge in [-0.1, -0.05) is 60.7 Å². The lowest BCUT2D eigenvalue weighted by molar-refractivity contribution is -0.122. The molecule has 2 amide bonds. The van der Waals surface area contributed by atoms with Gasteiger partial charge in [0.2, 0.25) is 5.91 Å². The molecule has 0 radical (unpaired) electrons. The van der Waals surface area contributed by atoms with Crippen molar-refractivity contribution in [2.45, 2.75) is 5.92 Å². The molecule has 136 valence electrons. The average Bonchev–Trinajstić information content (AvgIpc) is 2.74. The van der Waals surface area contributed by atoms with Crippen molar-refractivity contribution in [3.8, 4) is 5.75 Å². The van der Waals surface area contributed by atoms with E-state index in [-0.39, 0.29) is 5.91 Å². The topological polar surface area (TPSA) is 67.4 Å². The summed E-state index contributed by atoms with van der Waals surface area (Å²) in [7, 11) is 1.56. The molecule has 0 heterocycles. The Kier molecular flexibility index (Phi) is 5.84. The molecule has 0 bridgehead atoms. The summed E-state index contributed by atoms with van der Waals surface area (Å²) in [6.45, 7) is 0. The number of rotatable bonds is 5. The second kappa shape index (κ2) is 8.67. The highest BCUT2D eigenvalue weighted by atomic mass is 16.5. The zero-order chi connectivity index (χ0) is 19.1. The summed E-state index contributed by atoms with van der Waals surface area (Å²) in [5, 5.41) is 0. The van der Waals surface area contributed by atoms with Crippen LogP contribution in [0, 0.1) is 0 Å². The molecule has 5 nitrogen and oxygen atoms in total. The van der Waals surface area contributed by atoms with Crippen LogP contribution in [0.3, 0.4) is 0 Å². The Balaban J connectivity index is 1.74. The summed E-state index contributed by atoms with van der Waals surface area (Å²) in [6.07, 6.45) is 0. The van der Waals surface area contributed by atoms with Crippen molar-refractivity contribution in [1.82, 2.24) is 10.9 Å². The molecule has 0 aliphatic heterocycles. The van der Waals surface area contributed by atoms with Gasteiger partial charge in [-0.3, -0.25) is 20.4 Å². The van der Waals surface area contributed by atoms with E-state index in [1.54, 1.807) is 31.4 Å². The van der Waals surface area contributed by atoms with E-state index in [1.165, 1.54) is 0 Å². The number of amides is 2. The fourth-order valence-electron chi connectivity index (χ4n) is 2.79. The van der Waals surface area contributed by atoms with Crippen LogP contribution < -0.4 is 15.6 Å². The second-order valence-corrected chi connectivity index (χ2v) is 5.93. The number of benzene rings is 3. The van der Waals surface area contributed by atoms with E-state index in [0.717, 1.165) is 11.1 Å². The normalized spacial score (nSPS) is 10.3. The third-order valence-corrected chi connectivity index (χ3v) is 4.18. The maximum atomic E-state index is 12.8. The summed E-state index contributed by atoms with van der Waals surface area (Å²) < 4.78 is 5.08. The molecule has 0 saturated carbocycles. The van der Waals surface area contributed by atoms with Crippen LogP contribution >= 0.6 is 0 Å². The number of hydrazine groups is 1. The van der Waals surface area contributed by atoms with Gasteiger partial charge < -0.3 is 4.74 Å². The summed E-state index contributed by atoms with van der Waals surface area (Å²) in [6, 6.07) is 25.5. The largest absolute Gasteiger partial charge is 0.497 e. The van der Waals surface area contributed by atoms with Crippen LogP contribution in [-0.2, 0) is 4.79 Å². The maximum absolute atomic E-state index is 12.8. The van der Waals surface area contributed by atoms with Crippen LogP contribution in [0.5, 0.6) is 5.75 Å². The molecule has 0 aliphatic rings. The van der Waals surface area contributed by atoms with Gasteiger partial charge in [0.15, 0.2) is 0 Å². The number of ether oxygens (including phenoxy) is 1. The number of methoxy groups -OCH3 is 1. The number of carbonyl (C=O) groups is 2. The van der Waals surface area contributed by atoms with Gasteiger partial charge in [0.1, 0.15) is 5.75 Å². The van der Waals surface area contributed by atoms with Crippen LogP contribution in [-0.4, -0.2) is 18.9 Å². The molecule has 0 unspecified atom stereocenters.